The Bertz CT molecular complexity index is 490. The number of carbonyl (C=O) groups excluding carboxylic acids is 1. The fourth-order valence-corrected chi connectivity index (χ4v) is 2.78. The van der Waals surface area contributed by atoms with Gasteiger partial charge in [0.2, 0.25) is 5.91 Å². The second-order valence-electron chi connectivity index (χ2n) is 5.44. The van der Waals surface area contributed by atoms with Crippen LogP contribution in [0.2, 0.25) is 0 Å². The van der Waals surface area contributed by atoms with Crippen LogP contribution >= 0.6 is 0 Å². The van der Waals surface area contributed by atoms with E-state index in [-0.39, 0.29) is 30.7 Å². The summed E-state index contributed by atoms with van der Waals surface area (Å²) in [5.41, 5.74) is 2.01. The van der Waals surface area contributed by atoms with E-state index in [2.05, 4.69) is 15.3 Å². The molecule has 3 N–H and O–H groups in total. The van der Waals surface area contributed by atoms with Crippen molar-refractivity contribution in [1.29, 1.82) is 0 Å². The highest BCUT2D eigenvalue weighted by atomic mass is 16.5. The molecule has 0 spiro atoms. The highest BCUT2D eigenvalue weighted by Gasteiger charge is 2.35. The van der Waals surface area contributed by atoms with Crippen LogP contribution in [0, 0.1) is 0 Å². The van der Waals surface area contributed by atoms with Crippen molar-refractivity contribution in [3.8, 4) is 0 Å². The van der Waals surface area contributed by atoms with E-state index in [9.17, 15) is 9.90 Å². The predicted molar refractivity (Wildman–Crippen MR) is 70.9 cm³/mol. The zero-order valence-electron chi connectivity index (χ0n) is 11.5. The number of carbonyl (C=O) groups is 1. The molecule has 3 rings (SSSR count). The van der Waals surface area contributed by atoms with Crippen molar-refractivity contribution >= 4 is 5.91 Å². The van der Waals surface area contributed by atoms with Crippen LogP contribution in [0.5, 0.6) is 0 Å². The third-order valence-electron chi connectivity index (χ3n) is 4.02. The number of aromatic amines is 1. The van der Waals surface area contributed by atoms with Gasteiger partial charge in [0.05, 0.1) is 49.1 Å². The molecule has 2 aliphatic rings. The molecule has 110 valence electrons. The standard InChI is InChI=1S/C13H20N4O3/c1-8-6-20-9(5-18)4-17(8)13(19)11-2-10-12(3-14-11)16-7-15-10/h7-9,11,14,18H,2-6H2,1H3,(H,15,16). The van der Waals surface area contributed by atoms with E-state index in [0.717, 1.165) is 11.4 Å². The van der Waals surface area contributed by atoms with Crippen LogP contribution in [-0.4, -0.2) is 63.8 Å². The number of H-pyrrole nitrogens is 1. The molecule has 3 heterocycles. The summed E-state index contributed by atoms with van der Waals surface area (Å²) in [6.07, 6.45) is 1.99. The molecule has 1 amide bonds. The minimum absolute atomic E-state index is 0.0349. The smallest absolute Gasteiger partial charge is 0.240 e. The number of nitrogens with one attached hydrogen (secondary N) is 2. The van der Waals surface area contributed by atoms with Gasteiger partial charge in [-0.1, -0.05) is 0 Å². The molecule has 7 nitrogen and oxygen atoms in total. The van der Waals surface area contributed by atoms with Gasteiger partial charge in [0.15, 0.2) is 0 Å². The molecule has 3 atom stereocenters. The number of amides is 1. The average molecular weight is 280 g/mol. The molecule has 2 aliphatic heterocycles. The Hall–Kier alpha value is -1.44. The van der Waals surface area contributed by atoms with Crippen LogP contribution in [0.4, 0.5) is 0 Å². The van der Waals surface area contributed by atoms with Gasteiger partial charge in [0, 0.05) is 19.5 Å². The molecule has 1 saturated heterocycles. The lowest BCUT2D eigenvalue weighted by molar-refractivity contribution is -0.148. The maximum atomic E-state index is 12.6. The summed E-state index contributed by atoms with van der Waals surface area (Å²) in [4.78, 5) is 21.8. The van der Waals surface area contributed by atoms with Crippen molar-refractivity contribution in [2.75, 3.05) is 19.8 Å². The van der Waals surface area contributed by atoms with E-state index >= 15 is 0 Å². The highest BCUT2D eigenvalue weighted by Crippen LogP contribution is 2.18. The number of morpholine rings is 1. The number of nitrogens with zero attached hydrogens (tertiary/aromatic N) is 2. The maximum absolute atomic E-state index is 12.6. The zero-order chi connectivity index (χ0) is 14.1. The van der Waals surface area contributed by atoms with E-state index in [1.807, 2.05) is 6.92 Å². The van der Waals surface area contributed by atoms with E-state index in [0.29, 0.717) is 26.1 Å². The number of imidazole rings is 1. The summed E-state index contributed by atoms with van der Waals surface area (Å²) in [5.74, 6) is 0.0629. The Labute approximate surface area is 117 Å². The molecule has 1 fully saturated rings. The van der Waals surface area contributed by atoms with E-state index in [1.54, 1.807) is 11.2 Å². The van der Waals surface area contributed by atoms with Crippen molar-refractivity contribution in [2.45, 2.75) is 38.1 Å². The topological polar surface area (TPSA) is 90.5 Å². The molecule has 1 aromatic heterocycles. The first-order chi connectivity index (χ1) is 9.69. The average Bonchev–Trinajstić information content (AvgIpc) is 2.94. The lowest BCUT2D eigenvalue weighted by atomic mass is 10.0. The van der Waals surface area contributed by atoms with Crippen LogP contribution in [-0.2, 0) is 22.5 Å². The van der Waals surface area contributed by atoms with Crippen LogP contribution in [0.15, 0.2) is 6.33 Å². The number of aliphatic hydroxyl groups excluding tert-OH is 1. The maximum Gasteiger partial charge on any atom is 0.240 e. The Morgan fingerprint density at radius 1 is 1.65 bits per heavy atom. The van der Waals surface area contributed by atoms with Crippen LogP contribution in [0.1, 0.15) is 18.3 Å². The number of aromatic nitrogens is 2. The Morgan fingerprint density at radius 2 is 2.50 bits per heavy atom. The van der Waals surface area contributed by atoms with Crippen molar-refractivity contribution in [3.63, 3.8) is 0 Å². The largest absolute Gasteiger partial charge is 0.394 e. The van der Waals surface area contributed by atoms with Crippen LogP contribution in [0.3, 0.4) is 0 Å². The lowest BCUT2D eigenvalue weighted by Gasteiger charge is -2.39. The molecular weight excluding hydrogens is 260 g/mol. The fraction of sp³-hybridized carbons (Fsp3) is 0.692. The third-order valence-corrected chi connectivity index (χ3v) is 4.02. The van der Waals surface area contributed by atoms with Gasteiger partial charge >= 0.3 is 0 Å². The number of fused-ring (bicyclic) bond motifs is 1. The third kappa shape index (κ3) is 2.44. The molecule has 0 saturated carbocycles. The number of rotatable bonds is 2. The molecular formula is C13H20N4O3. The highest BCUT2D eigenvalue weighted by molar-refractivity contribution is 5.83. The fourth-order valence-electron chi connectivity index (χ4n) is 2.78. The first-order valence-electron chi connectivity index (χ1n) is 6.96. The second-order valence-corrected chi connectivity index (χ2v) is 5.44. The molecule has 0 bridgehead atoms. The summed E-state index contributed by atoms with van der Waals surface area (Å²) < 4.78 is 5.47. The van der Waals surface area contributed by atoms with Gasteiger partial charge in [-0.05, 0) is 6.92 Å². The second kappa shape index (κ2) is 5.51. The van der Waals surface area contributed by atoms with Crippen molar-refractivity contribution in [1.82, 2.24) is 20.2 Å². The number of hydrogen-bond acceptors (Lipinski definition) is 5. The molecule has 20 heavy (non-hydrogen) atoms. The van der Waals surface area contributed by atoms with E-state index in [1.165, 1.54) is 0 Å². The molecule has 0 aliphatic carbocycles. The van der Waals surface area contributed by atoms with E-state index < -0.39 is 0 Å². The zero-order valence-corrected chi connectivity index (χ0v) is 11.5. The predicted octanol–water partition coefficient (Wildman–Crippen LogP) is -0.968. The van der Waals surface area contributed by atoms with Crippen molar-refractivity contribution in [3.05, 3.63) is 17.7 Å². The molecule has 7 heteroatoms. The van der Waals surface area contributed by atoms with Crippen LogP contribution in [0.25, 0.3) is 0 Å². The van der Waals surface area contributed by atoms with Gasteiger partial charge in [-0.3, -0.25) is 10.1 Å². The summed E-state index contributed by atoms with van der Waals surface area (Å²) in [7, 11) is 0. The summed E-state index contributed by atoms with van der Waals surface area (Å²) in [5, 5.41) is 12.4. The molecule has 0 aromatic carbocycles. The summed E-state index contributed by atoms with van der Waals surface area (Å²) >= 11 is 0. The molecule has 3 unspecified atom stereocenters. The van der Waals surface area contributed by atoms with Crippen molar-refractivity contribution < 1.29 is 14.6 Å². The Balaban J connectivity index is 1.69. The van der Waals surface area contributed by atoms with Crippen molar-refractivity contribution in [2.24, 2.45) is 0 Å². The monoisotopic (exact) mass is 280 g/mol. The van der Waals surface area contributed by atoms with Gasteiger partial charge in [0.25, 0.3) is 0 Å². The number of aliphatic hydroxyl groups is 1. The lowest BCUT2D eigenvalue weighted by Crippen LogP contribution is -2.58. The Kier molecular flexibility index (Phi) is 3.73. The van der Waals surface area contributed by atoms with Crippen LogP contribution < -0.4 is 5.32 Å². The first-order valence-corrected chi connectivity index (χ1v) is 6.96. The quantitative estimate of drug-likeness (QED) is 0.648. The molecule has 1 aromatic rings. The number of hydrogen-bond donors (Lipinski definition) is 3. The van der Waals surface area contributed by atoms with Gasteiger partial charge in [0.1, 0.15) is 0 Å². The summed E-state index contributed by atoms with van der Waals surface area (Å²) in [6.45, 7) is 3.46. The Morgan fingerprint density at radius 3 is 3.30 bits per heavy atom. The van der Waals surface area contributed by atoms with Gasteiger partial charge < -0.3 is 19.7 Å². The SMILES string of the molecule is CC1COC(CO)CN1C(=O)C1Cc2nc[nH]c2CN1. The normalized spacial score (nSPS) is 30.1. The first kappa shape index (κ1) is 13.5. The van der Waals surface area contributed by atoms with Gasteiger partial charge in [-0.2, -0.15) is 0 Å². The summed E-state index contributed by atoms with van der Waals surface area (Å²) in [6, 6.07) is -0.210. The van der Waals surface area contributed by atoms with Gasteiger partial charge in [-0.25, -0.2) is 4.98 Å². The number of ether oxygens (including phenoxy) is 1. The minimum atomic E-state index is -0.278. The molecule has 0 radical (unpaired) electrons. The van der Waals surface area contributed by atoms with E-state index in [4.69, 9.17) is 4.74 Å². The van der Waals surface area contributed by atoms with Gasteiger partial charge in [-0.15, -0.1) is 0 Å². The minimum Gasteiger partial charge on any atom is -0.394 e.